The number of nitrogens with one attached hydrogen (secondary N) is 1. The molecule has 1 aliphatic rings. The van der Waals surface area contributed by atoms with Crippen molar-refractivity contribution in [3.63, 3.8) is 0 Å². The standard InChI is InChI=1S/C13H19N5O2/c1-13(2,3)18-7-8(6-11(18)19)15-10-5-4-9(12(14)20)16-17-10/h4-5,8H,6-7H2,1-3H3,(H2,14,20)(H,15,17). The predicted octanol–water partition coefficient (Wildman–Crippen LogP) is 0.387. The molecular formula is C13H19N5O2. The summed E-state index contributed by atoms with van der Waals surface area (Å²) in [4.78, 5) is 24.7. The van der Waals surface area contributed by atoms with E-state index in [0.717, 1.165) is 0 Å². The summed E-state index contributed by atoms with van der Waals surface area (Å²) in [6, 6.07) is 3.14. The summed E-state index contributed by atoms with van der Waals surface area (Å²) in [5, 5.41) is 10.8. The van der Waals surface area contributed by atoms with Crippen LogP contribution in [-0.2, 0) is 4.79 Å². The van der Waals surface area contributed by atoms with E-state index in [1.807, 2.05) is 25.7 Å². The van der Waals surface area contributed by atoms with Crippen LogP contribution in [0.2, 0.25) is 0 Å². The zero-order chi connectivity index (χ0) is 14.9. The normalized spacial score (nSPS) is 19.2. The molecule has 2 heterocycles. The maximum Gasteiger partial charge on any atom is 0.269 e. The van der Waals surface area contributed by atoms with E-state index in [4.69, 9.17) is 5.73 Å². The molecule has 0 bridgehead atoms. The van der Waals surface area contributed by atoms with Crippen LogP contribution in [0.25, 0.3) is 0 Å². The van der Waals surface area contributed by atoms with Crippen LogP contribution in [0.3, 0.4) is 0 Å². The third-order valence-electron chi connectivity index (χ3n) is 3.20. The van der Waals surface area contributed by atoms with Gasteiger partial charge in [-0.15, -0.1) is 10.2 Å². The Balaban J connectivity index is 2.01. The highest BCUT2D eigenvalue weighted by atomic mass is 16.2. The number of carbonyl (C=O) groups is 2. The second-order valence-electron chi connectivity index (χ2n) is 5.89. The van der Waals surface area contributed by atoms with Crippen LogP contribution in [0.1, 0.15) is 37.7 Å². The largest absolute Gasteiger partial charge is 0.364 e. The van der Waals surface area contributed by atoms with Crippen molar-refractivity contribution in [1.29, 1.82) is 0 Å². The van der Waals surface area contributed by atoms with Crippen LogP contribution >= 0.6 is 0 Å². The first-order chi connectivity index (χ1) is 9.27. The number of nitrogens with zero attached hydrogens (tertiary/aromatic N) is 3. The Morgan fingerprint density at radius 1 is 1.40 bits per heavy atom. The van der Waals surface area contributed by atoms with Gasteiger partial charge in [-0.25, -0.2) is 0 Å². The Hall–Kier alpha value is -2.18. The molecule has 1 fully saturated rings. The van der Waals surface area contributed by atoms with Gasteiger partial charge in [-0.2, -0.15) is 0 Å². The summed E-state index contributed by atoms with van der Waals surface area (Å²) in [6.07, 6.45) is 0.427. The molecular weight excluding hydrogens is 258 g/mol. The van der Waals surface area contributed by atoms with Crippen LogP contribution in [0, 0.1) is 0 Å². The second-order valence-corrected chi connectivity index (χ2v) is 5.89. The average molecular weight is 277 g/mol. The van der Waals surface area contributed by atoms with E-state index >= 15 is 0 Å². The van der Waals surface area contributed by atoms with Gasteiger partial charge in [-0.3, -0.25) is 9.59 Å². The van der Waals surface area contributed by atoms with Gasteiger partial charge < -0.3 is 16.0 Å². The molecule has 108 valence electrons. The molecule has 3 N–H and O–H groups in total. The molecule has 20 heavy (non-hydrogen) atoms. The first kappa shape index (κ1) is 14.2. The third kappa shape index (κ3) is 3.04. The Bertz CT molecular complexity index is 521. The summed E-state index contributed by atoms with van der Waals surface area (Å²) in [5.74, 6) is 0.0410. The molecule has 0 saturated carbocycles. The fourth-order valence-electron chi connectivity index (χ4n) is 2.20. The van der Waals surface area contributed by atoms with E-state index < -0.39 is 5.91 Å². The molecule has 1 aromatic heterocycles. The molecule has 1 unspecified atom stereocenters. The van der Waals surface area contributed by atoms with Gasteiger partial charge in [0, 0.05) is 18.5 Å². The zero-order valence-corrected chi connectivity index (χ0v) is 11.9. The van der Waals surface area contributed by atoms with Gasteiger partial charge in [0.15, 0.2) is 5.69 Å². The molecule has 1 saturated heterocycles. The number of rotatable bonds is 3. The molecule has 2 rings (SSSR count). The highest BCUT2D eigenvalue weighted by molar-refractivity contribution is 5.90. The van der Waals surface area contributed by atoms with E-state index in [0.29, 0.717) is 18.8 Å². The number of hydrogen-bond donors (Lipinski definition) is 2. The Kier molecular flexibility index (Phi) is 3.61. The molecule has 0 aromatic carbocycles. The van der Waals surface area contributed by atoms with Gasteiger partial charge in [0.2, 0.25) is 5.91 Å². The Morgan fingerprint density at radius 3 is 2.55 bits per heavy atom. The molecule has 1 atom stereocenters. The zero-order valence-electron chi connectivity index (χ0n) is 11.9. The van der Waals surface area contributed by atoms with Crippen LogP contribution < -0.4 is 11.1 Å². The predicted molar refractivity (Wildman–Crippen MR) is 74.0 cm³/mol. The van der Waals surface area contributed by atoms with Crippen molar-refractivity contribution in [3.05, 3.63) is 17.8 Å². The fraction of sp³-hybridized carbons (Fsp3) is 0.538. The third-order valence-corrected chi connectivity index (χ3v) is 3.20. The number of hydrogen-bond acceptors (Lipinski definition) is 5. The lowest BCUT2D eigenvalue weighted by Crippen LogP contribution is -2.43. The number of anilines is 1. The highest BCUT2D eigenvalue weighted by Gasteiger charge is 2.36. The van der Waals surface area contributed by atoms with Crippen molar-refractivity contribution in [3.8, 4) is 0 Å². The van der Waals surface area contributed by atoms with Crippen molar-refractivity contribution < 1.29 is 9.59 Å². The lowest BCUT2D eigenvalue weighted by molar-refractivity contribution is -0.131. The average Bonchev–Trinajstić information content (AvgIpc) is 2.70. The number of amides is 2. The smallest absolute Gasteiger partial charge is 0.269 e. The number of likely N-dealkylation sites (tertiary alicyclic amines) is 1. The van der Waals surface area contributed by atoms with Crippen LogP contribution in [0.5, 0.6) is 0 Å². The SMILES string of the molecule is CC(C)(C)N1CC(Nc2ccc(C(N)=O)nn2)CC1=O. The Labute approximate surface area is 117 Å². The molecule has 1 aromatic rings. The first-order valence-corrected chi connectivity index (χ1v) is 6.48. The van der Waals surface area contributed by atoms with Crippen molar-refractivity contribution in [2.45, 2.75) is 38.8 Å². The minimum Gasteiger partial charge on any atom is -0.364 e. The minimum absolute atomic E-state index is 0.00421. The van der Waals surface area contributed by atoms with Crippen molar-refractivity contribution in [2.75, 3.05) is 11.9 Å². The molecule has 1 aliphatic heterocycles. The fourth-order valence-corrected chi connectivity index (χ4v) is 2.20. The van der Waals surface area contributed by atoms with Crippen LogP contribution in [-0.4, -0.2) is 45.0 Å². The van der Waals surface area contributed by atoms with Gasteiger partial charge in [-0.05, 0) is 32.9 Å². The molecule has 7 nitrogen and oxygen atoms in total. The maximum absolute atomic E-state index is 12.0. The summed E-state index contributed by atoms with van der Waals surface area (Å²) in [7, 11) is 0. The molecule has 2 amide bonds. The highest BCUT2D eigenvalue weighted by Crippen LogP contribution is 2.23. The quantitative estimate of drug-likeness (QED) is 0.832. The van der Waals surface area contributed by atoms with Crippen molar-refractivity contribution >= 4 is 17.6 Å². The van der Waals surface area contributed by atoms with Crippen LogP contribution in [0.4, 0.5) is 5.82 Å². The number of aromatic nitrogens is 2. The van der Waals surface area contributed by atoms with E-state index in [1.165, 1.54) is 6.07 Å². The van der Waals surface area contributed by atoms with Crippen molar-refractivity contribution in [2.24, 2.45) is 5.73 Å². The van der Waals surface area contributed by atoms with E-state index in [-0.39, 0.29) is 23.2 Å². The molecule has 0 aliphatic carbocycles. The van der Waals surface area contributed by atoms with Crippen LogP contribution in [0.15, 0.2) is 12.1 Å². The minimum atomic E-state index is -0.612. The Morgan fingerprint density at radius 2 is 2.10 bits per heavy atom. The number of nitrogens with two attached hydrogens (primary N) is 1. The number of carbonyl (C=O) groups excluding carboxylic acids is 2. The van der Waals surface area contributed by atoms with E-state index in [1.54, 1.807) is 6.07 Å². The maximum atomic E-state index is 12.0. The molecule has 0 radical (unpaired) electrons. The van der Waals surface area contributed by atoms with E-state index in [9.17, 15) is 9.59 Å². The monoisotopic (exact) mass is 277 g/mol. The topological polar surface area (TPSA) is 101 Å². The summed E-state index contributed by atoms with van der Waals surface area (Å²) < 4.78 is 0. The first-order valence-electron chi connectivity index (χ1n) is 6.48. The van der Waals surface area contributed by atoms with Gasteiger partial charge >= 0.3 is 0 Å². The van der Waals surface area contributed by atoms with Gasteiger partial charge in [0.1, 0.15) is 5.82 Å². The lowest BCUT2D eigenvalue weighted by atomic mass is 10.1. The second kappa shape index (κ2) is 5.07. The van der Waals surface area contributed by atoms with E-state index in [2.05, 4.69) is 15.5 Å². The van der Waals surface area contributed by atoms with Crippen molar-refractivity contribution in [1.82, 2.24) is 15.1 Å². The summed E-state index contributed by atoms with van der Waals surface area (Å²) in [6.45, 7) is 6.65. The lowest BCUT2D eigenvalue weighted by Gasteiger charge is -2.32. The van der Waals surface area contributed by atoms with Gasteiger partial charge in [0.05, 0.1) is 6.04 Å². The number of primary amides is 1. The molecule has 0 spiro atoms. The summed E-state index contributed by atoms with van der Waals surface area (Å²) in [5.41, 5.74) is 5.03. The summed E-state index contributed by atoms with van der Waals surface area (Å²) >= 11 is 0. The van der Waals surface area contributed by atoms with Gasteiger partial charge in [-0.1, -0.05) is 0 Å². The van der Waals surface area contributed by atoms with Gasteiger partial charge in [0.25, 0.3) is 5.91 Å². The molecule has 7 heteroatoms.